The van der Waals surface area contributed by atoms with E-state index in [1.54, 1.807) is 0 Å². The first kappa shape index (κ1) is 13.4. The Hall–Kier alpha value is -1.02. The average molecular weight is 247 g/mol. The number of hydrogen-bond donors (Lipinski definition) is 2. The van der Waals surface area contributed by atoms with E-state index in [1.165, 1.54) is 36.9 Å². The van der Waals surface area contributed by atoms with E-state index in [0.29, 0.717) is 6.04 Å². The van der Waals surface area contributed by atoms with Crippen molar-refractivity contribution in [1.29, 1.82) is 0 Å². The van der Waals surface area contributed by atoms with Gasteiger partial charge in [-0.25, -0.2) is 0 Å². The summed E-state index contributed by atoms with van der Waals surface area (Å²) in [6.07, 6.45) is 7.13. The van der Waals surface area contributed by atoms with Crippen LogP contribution in [0.25, 0.3) is 0 Å². The lowest BCUT2D eigenvalue weighted by molar-refractivity contribution is 0.288. The van der Waals surface area contributed by atoms with Gasteiger partial charge in [-0.1, -0.05) is 25.5 Å². The fourth-order valence-corrected chi connectivity index (χ4v) is 2.91. The minimum absolute atomic E-state index is 0.276. The Bertz CT molecular complexity index is 364. The molecule has 2 N–H and O–H groups in total. The minimum atomic E-state index is 0.276. The average Bonchev–Trinajstić information content (AvgIpc) is 2.84. The quantitative estimate of drug-likeness (QED) is 0.805. The molecule has 1 saturated carbocycles. The van der Waals surface area contributed by atoms with Crippen molar-refractivity contribution in [3.8, 4) is 0 Å². The molecule has 100 valence electrons. The van der Waals surface area contributed by atoms with Gasteiger partial charge in [0.25, 0.3) is 0 Å². The second-order valence-corrected chi connectivity index (χ2v) is 5.46. The van der Waals surface area contributed by atoms with Crippen LogP contribution in [0.1, 0.15) is 44.6 Å². The third-order valence-electron chi connectivity index (χ3n) is 4.04. The fourth-order valence-electron chi connectivity index (χ4n) is 2.91. The normalized spacial score (nSPS) is 23.2. The summed E-state index contributed by atoms with van der Waals surface area (Å²) in [4.78, 5) is 0. The summed E-state index contributed by atoms with van der Waals surface area (Å²) in [7, 11) is 0. The number of aliphatic hydroxyl groups excluding tert-OH is 1. The van der Waals surface area contributed by atoms with Crippen LogP contribution in [0.15, 0.2) is 24.3 Å². The first-order valence-corrected chi connectivity index (χ1v) is 7.28. The van der Waals surface area contributed by atoms with E-state index >= 15 is 0 Å². The highest BCUT2D eigenvalue weighted by atomic mass is 16.2. The largest absolute Gasteiger partial charge is 0.396 e. The molecule has 18 heavy (non-hydrogen) atoms. The van der Waals surface area contributed by atoms with Crippen molar-refractivity contribution in [2.75, 3.05) is 11.9 Å². The number of aryl methyl sites for hydroxylation is 1. The van der Waals surface area contributed by atoms with Gasteiger partial charge in [0.15, 0.2) is 0 Å². The predicted molar refractivity (Wildman–Crippen MR) is 76.9 cm³/mol. The summed E-state index contributed by atoms with van der Waals surface area (Å²) in [5.74, 6) is 0.917. The van der Waals surface area contributed by atoms with Crippen LogP contribution in [0.3, 0.4) is 0 Å². The number of hydrogen-bond acceptors (Lipinski definition) is 2. The van der Waals surface area contributed by atoms with Crippen LogP contribution < -0.4 is 5.32 Å². The molecule has 1 fully saturated rings. The lowest BCUT2D eigenvalue weighted by atomic mass is 10.1. The summed E-state index contributed by atoms with van der Waals surface area (Å²) in [6, 6.07) is 9.30. The molecule has 2 rings (SSSR count). The Morgan fingerprint density at radius 3 is 2.94 bits per heavy atom. The van der Waals surface area contributed by atoms with Gasteiger partial charge in [0.05, 0.1) is 0 Å². The van der Waals surface area contributed by atoms with Crippen molar-refractivity contribution < 1.29 is 5.11 Å². The topological polar surface area (TPSA) is 32.3 Å². The Kier molecular flexibility index (Phi) is 5.06. The van der Waals surface area contributed by atoms with Crippen molar-refractivity contribution in [2.24, 2.45) is 5.92 Å². The molecular formula is C16H25NO. The molecule has 2 atom stereocenters. The van der Waals surface area contributed by atoms with E-state index in [0.717, 1.165) is 18.8 Å². The van der Waals surface area contributed by atoms with E-state index in [1.807, 2.05) is 0 Å². The van der Waals surface area contributed by atoms with E-state index in [4.69, 9.17) is 5.11 Å². The second kappa shape index (κ2) is 6.79. The van der Waals surface area contributed by atoms with E-state index < -0.39 is 0 Å². The fraction of sp³-hybridized carbons (Fsp3) is 0.625. The molecule has 1 aliphatic carbocycles. The number of anilines is 1. The van der Waals surface area contributed by atoms with Gasteiger partial charge in [-0.2, -0.15) is 0 Å². The highest BCUT2D eigenvalue weighted by Crippen LogP contribution is 2.30. The van der Waals surface area contributed by atoms with Gasteiger partial charge in [0.2, 0.25) is 0 Å². The molecule has 0 heterocycles. The molecule has 0 aliphatic heterocycles. The Balaban J connectivity index is 1.89. The second-order valence-electron chi connectivity index (χ2n) is 5.46. The monoisotopic (exact) mass is 247 g/mol. The van der Waals surface area contributed by atoms with Crippen molar-refractivity contribution >= 4 is 5.69 Å². The minimum Gasteiger partial charge on any atom is -0.396 e. The summed E-state index contributed by atoms with van der Waals surface area (Å²) in [5.41, 5.74) is 2.56. The molecule has 2 heteroatoms. The summed E-state index contributed by atoms with van der Waals surface area (Å²) in [6.45, 7) is 2.57. The predicted octanol–water partition coefficient (Wildman–Crippen LogP) is 3.60. The van der Waals surface area contributed by atoms with Crippen LogP contribution in [0.5, 0.6) is 0 Å². The molecule has 0 bridgehead atoms. The van der Waals surface area contributed by atoms with Crippen LogP contribution in [-0.2, 0) is 6.42 Å². The molecule has 1 aromatic rings. The van der Waals surface area contributed by atoms with Crippen LogP contribution in [0, 0.1) is 5.92 Å². The summed E-state index contributed by atoms with van der Waals surface area (Å²) in [5, 5.41) is 12.5. The van der Waals surface area contributed by atoms with E-state index in [9.17, 15) is 0 Å². The maximum absolute atomic E-state index is 8.87. The zero-order valence-corrected chi connectivity index (χ0v) is 11.4. The molecule has 0 aromatic heterocycles. The van der Waals surface area contributed by atoms with Crippen molar-refractivity contribution in [3.05, 3.63) is 29.8 Å². The highest BCUT2D eigenvalue weighted by Gasteiger charge is 2.22. The van der Waals surface area contributed by atoms with Crippen LogP contribution >= 0.6 is 0 Å². The lowest BCUT2D eigenvalue weighted by Crippen LogP contribution is -2.15. The van der Waals surface area contributed by atoms with Gasteiger partial charge in [0.1, 0.15) is 0 Å². The van der Waals surface area contributed by atoms with Crippen LogP contribution in [-0.4, -0.2) is 17.8 Å². The van der Waals surface area contributed by atoms with Gasteiger partial charge >= 0.3 is 0 Å². The van der Waals surface area contributed by atoms with Crippen molar-refractivity contribution in [3.63, 3.8) is 0 Å². The summed E-state index contributed by atoms with van der Waals surface area (Å²) < 4.78 is 0. The van der Waals surface area contributed by atoms with Gasteiger partial charge in [0, 0.05) is 18.3 Å². The Labute approximate surface area is 110 Å². The Morgan fingerprint density at radius 1 is 1.33 bits per heavy atom. The molecular weight excluding hydrogens is 222 g/mol. The smallest absolute Gasteiger partial charge is 0.0434 e. The van der Waals surface area contributed by atoms with Crippen molar-refractivity contribution in [1.82, 2.24) is 0 Å². The van der Waals surface area contributed by atoms with E-state index in [2.05, 4.69) is 36.5 Å². The van der Waals surface area contributed by atoms with Crippen LogP contribution in [0.2, 0.25) is 0 Å². The molecule has 0 amide bonds. The highest BCUT2D eigenvalue weighted by molar-refractivity contribution is 5.46. The maximum atomic E-state index is 8.87. The zero-order valence-electron chi connectivity index (χ0n) is 11.4. The molecule has 1 aromatic carbocycles. The standard InChI is InChI=1S/C16H25NO/c1-2-13-8-9-16(11-13)17-15-7-3-5-14(12-15)6-4-10-18/h3,5,7,12-13,16-18H,2,4,6,8-11H2,1H3. The molecule has 1 aliphatic rings. The third kappa shape index (κ3) is 3.74. The first-order valence-electron chi connectivity index (χ1n) is 7.28. The van der Waals surface area contributed by atoms with Crippen LogP contribution in [0.4, 0.5) is 5.69 Å². The molecule has 0 radical (unpaired) electrons. The lowest BCUT2D eigenvalue weighted by Gasteiger charge is -2.15. The zero-order chi connectivity index (χ0) is 12.8. The van der Waals surface area contributed by atoms with Gasteiger partial charge in [-0.15, -0.1) is 0 Å². The molecule has 0 spiro atoms. The molecule has 2 nitrogen and oxygen atoms in total. The number of benzene rings is 1. The number of nitrogens with one attached hydrogen (secondary N) is 1. The number of aliphatic hydroxyl groups is 1. The maximum Gasteiger partial charge on any atom is 0.0434 e. The summed E-state index contributed by atoms with van der Waals surface area (Å²) >= 11 is 0. The number of rotatable bonds is 6. The third-order valence-corrected chi connectivity index (χ3v) is 4.04. The SMILES string of the molecule is CCC1CCC(Nc2cccc(CCCO)c2)C1. The van der Waals surface area contributed by atoms with E-state index in [-0.39, 0.29) is 6.61 Å². The van der Waals surface area contributed by atoms with Crippen molar-refractivity contribution in [2.45, 2.75) is 51.5 Å². The Morgan fingerprint density at radius 2 is 2.22 bits per heavy atom. The molecule has 2 unspecified atom stereocenters. The van der Waals surface area contributed by atoms with Gasteiger partial charge in [-0.05, 0) is 55.7 Å². The van der Waals surface area contributed by atoms with Gasteiger partial charge in [-0.3, -0.25) is 0 Å². The molecule has 0 saturated heterocycles. The first-order chi connectivity index (χ1) is 8.81. The van der Waals surface area contributed by atoms with Gasteiger partial charge < -0.3 is 10.4 Å².